The second-order valence-corrected chi connectivity index (χ2v) is 5.68. The zero-order valence-electron chi connectivity index (χ0n) is 12.9. The molecule has 3 aromatic rings. The Labute approximate surface area is 139 Å². The zero-order chi connectivity index (χ0) is 16.4. The van der Waals surface area contributed by atoms with Crippen molar-refractivity contribution in [1.29, 1.82) is 0 Å². The second kappa shape index (κ2) is 6.34. The number of fused-ring (bicyclic) bond motifs is 1. The Hall–Kier alpha value is -2.46. The number of para-hydroxylation sites is 1. The molecule has 23 heavy (non-hydrogen) atoms. The van der Waals surface area contributed by atoms with E-state index in [0.717, 1.165) is 28.6 Å². The van der Waals surface area contributed by atoms with Crippen LogP contribution in [0.2, 0.25) is 5.02 Å². The number of benzene rings is 1. The Morgan fingerprint density at radius 2 is 2.00 bits per heavy atom. The third-order valence-corrected chi connectivity index (χ3v) is 3.99. The number of aromatic nitrogens is 2. The summed E-state index contributed by atoms with van der Waals surface area (Å²) in [6, 6.07) is 11.0. The van der Waals surface area contributed by atoms with E-state index in [4.69, 9.17) is 11.6 Å². The van der Waals surface area contributed by atoms with E-state index < -0.39 is 0 Å². The van der Waals surface area contributed by atoms with Gasteiger partial charge in [0.1, 0.15) is 5.82 Å². The van der Waals surface area contributed by atoms with E-state index in [1.807, 2.05) is 38.1 Å². The molecule has 0 unspecified atom stereocenters. The number of aryl methyl sites for hydroxylation is 1. The van der Waals surface area contributed by atoms with Gasteiger partial charge in [0.05, 0.1) is 16.1 Å². The molecule has 0 atom stereocenters. The first-order valence-electron chi connectivity index (χ1n) is 7.41. The minimum atomic E-state index is -0.189. The summed E-state index contributed by atoms with van der Waals surface area (Å²) in [6.45, 7) is 3.97. The monoisotopic (exact) mass is 325 g/mol. The van der Waals surface area contributed by atoms with Gasteiger partial charge < -0.3 is 5.32 Å². The van der Waals surface area contributed by atoms with Crippen LogP contribution in [0.3, 0.4) is 0 Å². The van der Waals surface area contributed by atoms with E-state index >= 15 is 0 Å². The van der Waals surface area contributed by atoms with E-state index in [9.17, 15) is 4.79 Å². The van der Waals surface area contributed by atoms with Crippen molar-refractivity contribution in [1.82, 2.24) is 9.97 Å². The fourth-order valence-electron chi connectivity index (χ4n) is 2.62. The van der Waals surface area contributed by atoms with Crippen LogP contribution in [0.25, 0.3) is 10.9 Å². The molecule has 2 heterocycles. The molecule has 0 aliphatic rings. The molecule has 3 rings (SSSR count). The Morgan fingerprint density at radius 1 is 1.22 bits per heavy atom. The lowest BCUT2D eigenvalue weighted by Crippen LogP contribution is -2.16. The summed E-state index contributed by atoms with van der Waals surface area (Å²) in [4.78, 5) is 21.5. The summed E-state index contributed by atoms with van der Waals surface area (Å²) in [5.74, 6) is 0.281. The molecule has 1 amide bonds. The van der Waals surface area contributed by atoms with Crippen molar-refractivity contribution < 1.29 is 4.79 Å². The van der Waals surface area contributed by atoms with Crippen LogP contribution < -0.4 is 5.32 Å². The van der Waals surface area contributed by atoms with Gasteiger partial charge >= 0.3 is 0 Å². The van der Waals surface area contributed by atoms with Gasteiger partial charge in [-0.1, -0.05) is 36.7 Å². The Kier molecular flexibility index (Phi) is 4.26. The maximum Gasteiger partial charge on any atom is 0.257 e. The van der Waals surface area contributed by atoms with Gasteiger partial charge in [0, 0.05) is 17.3 Å². The molecule has 0 saturated heterocycles. The summed E-state index contributed by atoms with van der Waals surface area (Å²) in [5, 5.41) is 4.20. The summed E-state index contributed by atoms with van der Waals surface area (Å²) >= 11 is 5.82. The predicted molar refractivity (Wildman–Crippen MR) is 93.1 cm³/mol. The molecule has 0 radical (unpaired) electrons. The lowest BCUT2D eigenvalue weighted by atomic mass is 9.99. The van der Waals surface area contributed by atoms with Gasteiger partial charge in [-0.2, -0.15) is 0 Å². The number of amides is 1. The van der Waals surface area contributed by atoms with Crippen molar-refractivity contribution >= 4 is 34.2 Å². The number of hydrogen-bond acceptors (Lipinski definition) is 3. The highest BCUT2D eigenvalue weighted by Gasteiger charge is 2.17. The molecule has 2 aromatic heterocycles. The Morgan fingerprint density at radius 3 is 2.70 bits per heavy atom. The van der Waals surface area contributed by atoms with Gasteiger partial charge in [-0.25, -0.2) is 4.98 Å². The molecule has 0 spiro atoms. The molecule has 0 aliphatic heterocycles. The van der Waals surface area contributed by atoms with Crippen LogP contribution in [0.4, 0.5) is 5.82 Å². The van der Waals surface area contributed by atoms with E-state index in [0.29, 0.717) is 16.4 Å². The molecular formula is C18H16ClN3O. The van der Waals surface area contributed by atoms with Crippen molar-refractivity contribution in [2.45, 2.75) is 20.3 Å². The number of nitrogens with zero attached hydrogens (tertiary/aromatic N) is 2. The first-order valence-corrected chi connectivity index (χ1v) is 7.79. The number of halogens is 1. The maximum absolute atomic E-state index is 12.8. The quantitative estimate of drug-likeness (QED) is 0.776. The third-order valence-electron chi connectivity index (χ3n) is 3.77. The molecule has 1 aromatic carbocycles. The highest BCUT2D eigenvalue weighted by molar-refractivity contribution is 6.30. The standard InChI is InChI=1S/C18H16ClN3O/c1-3-14-11(2)17(13-6-4-5-7-15(13)21-14)18(23)22-16-9-8-12(19)10-20-16/h4-10H,3H2,1-2H3,(H,20,22,23). The van der Waals surface area contributed by atoms with Crippen LogP contribution in [0.15, 0.2) is 42.6 Å². The Balaban J connectivity index is 2.08. The minimum Gasteiger partial charge on any atom is -0.307 e. The third kappa shape index (κ3) is 3.03. The number of rotatable bonds is 3. The van der Waals surface area contributed by atoms with Crippen LogP contribution in [-0.4, -0.2) is 15.9 Å². The van der Waals surface area contributed by atoms with E-state index in [-0.39, 0.29) is 5.91 Å². The molecular weight excluding hydrogens is 310 g/mol. The number of anilines is 1. The first-order chi connectivity index (χ1) is 11.1. The van der Waals surface area contributed by atoms with Crippen molar-refractivity contribution in [3.05, 3.63) is 64.4 Å². The normalized spacial score (nSPS) is 10.7. The largest absolute Gasteiger partial charge is 0.307 e. The topological polar surface area (TPSA) is 54.9 Å². The molecule has 4 nitrogen and oxygen atoms in total. The van der Waals surface area contributed by atoms with Crippen LogP contribution in [0.5, 0.6) is 0 Å². The van der Waals surface area contributed by atoms with Crippen molar-refractivity contribution in [3.63, 3.8) is 0 Å². The van der Waals surface area contributed by atoms with Gasteiger partial charge in [-0.3, -0.25) is 9.78 Å². The SMILES string of the molecule is CCc1nc2ccccc2c(C(=O)Nc2ccc(Cl)cn2)c1C. The minimum absolute atomic E-state index is 0.189. The fourth-order valence-corrected chi connectivity index (χ4v) is 2.74. The highest BCUT2D eigenvalue weighted by atomic mass is 35.5. The molecule has 0 aliphatic carbocycles. The number of pyridine rings is 2. The molecule has 5 heteroatoms. The van der Waals surface area contributed by atoms with Crippen molar-refractivity contribution in [3.8, 4) is 0 Å². The molecule has 1 N–H and O–H groups in total. The van der Waals surface area contributed by atoms with Crippen LogP contribution in [0.1, 0.15) is 28.5 Å². The smallest absolute Gasteiger partial charge is 0.257 e. The van der Waals surface area contributed by atoms with Gasteiger partial charge in [0.25, 0.3) is 5.91 Å². The maximum atomic E-state index is 12.8. The average Bonchev–Trinajstić information content (AvgIpc) is 2.56. The van der Waals surface area contributed by atoms with E-state index in [1.54, 1.807) is 12.1 Å². The summed E-state index contributed by atoms with van der Waals surface area (Å²) in [5.41, 5.74) is 3.30. The molecule has 0 fully saturated rings. The van der Waals surface area contributed by atoms with Crippen LogP contribution in [0, 0.1) is 6.92 Å². The number of carbonyl (C=O) groups excluding carboxylic acids is 1. The number of carbonyl (C=O) groups is 1. The van der Waals surface area contributed by atoms with Crippen LogP contribution >= 0.6 is 11.6 Å². The van der Waals surface area contributed by atoms with Crippen molar-refractivity contribution in [2.24, 2.45) is 0 Å². The van der Waals surface area contributed by atoms with E-state index in [1.165, 1.54) is 6.20 Å². The van der Waals surface area contributed by atoms with E-state index in [2.05, 4.69) is 15.3 Å². The molecule has 0 bridgehead atoms. The van der Waals surface area contributed by atoms with Gasteiger partial charge in [-0.05, 0) is 37.1 Å². The fraction of sp³-hybridized carbons (Fsp3) is 0.167. The summed E-state index contributed by atoms with van der Waals surface area (Å²) < 4.78 is 0. The number of hydrogen-bond donors (Lipinski definition) is 1. The van der Waals surface area contributed by atoms with Crippen molar-refractivity contribution in [2.75, 3.05) is 5.32 Å². The number of nitrogens with one attached hydrogen (secondary N) is 1. The lowest BCUT2D eigenvalue weighted by Gasteiger charge is -2.13. The zero-order valence-corrected chi connectivity index (χ0v) is 13.7. The average molecular weight is 326 g/mol. The van der Waals surface area contributed by atoms with Crippen LogP contribution in [-0.2, 0) is 6.42 Å². The first kappa shape index (κ1) is 15.4. The molecule has 116 valence electrons. The predicted octanol–water partition coefficient (Wildman–Crippen LogP) is 4.41. The lowest BCUT2D eigenvalue weighted by molar-refractivity contribution is 0.102. The molecule has 0 saturated carbocycles. The summed E-state index contributed by atoms with van der Waals surface area (Å²) in [7, 11) is 0. The highest BCUT2D eigenvalue weighted by Crippen LogP contribution is 2.24. The Bertz CT molecular complexity index is 875. The van der Waals surface area contributed by atoms with Gasteiger partial charge in [-0.15, -0.1) is 0 Å². The second-order valence-electron chi connectivity index (χ2n) is 5.24. The summed E-state index contributed by atoms with van der Waals surface area (Å²) in [6.07, 6.45) is 2.28. The van der Waals surface area contributed by atoms with Gasteiger partial charge in [0.2, 0.25) is 0 Å². The van der Waals surface area contributed by atoms with Gasteiger partial charge in [0.15, 0.2) is 0 Å².